The third kappa shape index (κ3) is 5.68. The average molecular weight is 357 g/mol. The Morgan fingerprint density at radius 2 is 2.25 bits per heavy atom. The molecule has 1 aliphatic rings. The van der Waals surface area contributed by atoms with Crippen LogP contribution in [-0.4, -0.2) is 70.6 Å². The average Bonchev–Trinajstić information content (AvgIpc) is 3.28. The summed E-state index contributed by atoms with van der Waals surface area (Å²) in [5.74, 6) is -0.221. The van der Waals surface area contributed by atoms with Gasteiger partial charge >= 0.3 is 5.69 Å². The molecule has 0 bridgehead atoms. The van der Waals surface area contributed by atoms with Crippen molar-refractivity contribution in [3.63, 3.8) is 0 Å². The van der Waals surface area contributed by atoms with E-state index in [9.17, 15) is 14.4 Å². The number of H-pyrrole nitrogens is 1. The molecule has 0 unspecified atom stereocenters. The first-order valence-corrected chi connectivity index (χ1v) is 8.80. The fraction of sp³-hybridized carbons (Fsp3) is 0.714. The number of hydrogen-bond donors (Lipinski definition) is 2. The standard InChI is InChI=1S/C14H23N5O4S/c1-18(8-11(20)15-10-4-5-10)12(21)9-24-14-17-16-13(22)19(14)6-3-7-23-2/h10H,3-9H2,1-2H3,(H,15,20)(H,16,22). The van der Waals surface area contributed by atoms with Gasteiger partial charge in [0.2, 0.25) is 11.8 Å². The van der Waals surface area contributed by atoms with E-state index in [1.54, 1.807) is 14.2 Å². The van der Waals surface area contributed by atoms with E-state index in [4.69, 9.17) is 4.74 Å². The smallest absolute Gasteiger partial charge is 0.343 e. The minimum Gasteiger partial charge on any atom is -0.385 e. The summed E-state index contributed by atoms with van der Waals surface area (Å²) in [6.07, 6.45) is 2.71. The molecule has 2 N–H and O–H groups in total. The number of aromatic amines is 1. The lowest BCUT2D eigenvalue weighted by Crippen LogP contribution is -2.39. The molecule has 1 saturated carbocycles. The van der Waals surface area contributed by atoms with Crippen LogP contribution in [-0.2, 0) is 20.9 Å². The maximum absolute atomic E-state index is 12.1. The molecular formula is C14H23N5O4S. The molecule has 24 heavy (non-hydrogen) atoms. The molecule has 0 aromatic carbocycles. The number of nitrogens with zero attached hydrogens (tertiary/aromatic N) is 3. The second kappa shape index (κ2) is 8.88. The molecule has 134 valence electrons. The van der Waals surface area contributed by atoms with Gasteiger partial charge < -0.3 is 15.0 Å². The van der Waals surface area contributed by atoms with Crippen LogP contribution >= 0.6 is 11.8 Å². The topological polar surface area (TPSA) is 109 Å². The van der Waals surface area contributed by atoms with Crippen molar-refractivity contribution in [1.82, 2.24) is 25.0 Å². The molecule has 0 saturated heterocycles. The summed E-state index contributed by atoms with van der Waals surface area (Å²) in [6, 6.07) is 0.279. The molecule has 9 nitrogen and oxygen atoms in total. The first kappa shape index (κ1) is 18.5. The summed E-state index contributed by atoms with van der Waals surface area (Å²) in [5.41, 5.74) is -0.307. The lowest BCUT2D eigenvalue weighted by molar-refractivity contribution is -0.132. The number of aromatic nitrogens is 3. The molecule has 0 radical (unpaired) electrons. The van der Waals surface area contributed by atoms with Crippen molar-refractivity contribution in [2.75, 3.05) is 33.1 Å². The number of likely N-dealkylation sites (N-methyl/N-ethyl adjacent to an activating group) is 1. The van der Waals surface area contributed by atoms with E-state index in [2.05, 4.69) is 15.5 Å². The monoisotopic (exact) mass is 357 g/mol. The molecule has 2 amide bonds. The first-order valence-electron chi connectivity index (χ1n) is 7.81. The summed E-state index contributed by atoms with van der Waals surface area (Å²) in [6.45, 7) is 1.05. The van der Waals surface area contributed by atoms with E-state index < -0.39 is 0 Å². The highest BCUT2D eigenvalue weighted by Gasteiger charge is 2.24. The van der Waals surface area contributed by atoms with Gasteiger partial charge in [-0.3, -0.25) is 14.2 Å². The van der Waals surface area contributed by atoms with E-state index in [-0.39, 0.29) is 35.8 Å². The van der Waals surface area contributed by atoms with Crippen molar-refractivity contribution in [2.24, 2.45) is 0 Å². The fourth-order valence-corrected chi connectivity index (χ4v) is 2.93. The summed E-state index contributed by atoms with van der Waals surface area (Å²) < 4.78 is 6.45. The van der Waals surface area contributed by atoms with Gasteiger partial charge in [0.15, 0.2) is 5.16 Å². The molecule has 1 fully saturated rings. The first-order chi connectivity index (χ1) is 11.5. The summed E-state index contributed by atoms with van der Waals surface area (Å²) in [7, 11) is 3.19. The Hall–Kier alpha value is -1.81. The Labute approximate surface area is 144 Å². The SMILES string of the molecule is COCCCn1c(SCC(=O)N(C)CC(=O)NC2CC2)n[nH]c1=O. The number of hydrogen-bond acceptors (Lipinski definition) is 6. The van der Waals surface area contributed by atoms with Gasteiger partial charge in [-0.2, -0.15) is 0 Å². The Balaban J connectivity index is 1.80. The predicted molar refractivity (Wildman–Crippen MR) is 88.9 cm³/mol. The number of carbonyl (C=O) groups excluding carboxylic acids is 2. The number of nitrogens with one attached hydrogen (secondary N) is 2. The predicted octanol–water partition coefficient (Wildman–Crippen LogP) is -0.563. The highest BCUT2D eigenvalue weighted by molar-refractivity contribution is 7.99. The van der Waals surface area contributed by atoms with Crippen LogP contribution in [0.15, 0.2) is 9.95 Å². The van der Waals surface area contributed by atoms with Crippen LogP contribution in [0.5, 0.6) is 0 Å². The van der Waals surface area contributed by atoms with Crippen LogP contribution in [0.4, 0.5) is 0 Å². The summed E-state index contributed by atoms with van der Waals surface area (Å²) in [4.78, 5) is 36.9. The molecule has 2 rings (SSSR count). The third-order valence-electron chi connectivity index (χ3n) is 3.53. The lowest BCUT2D eigenvalue weighted by Gasteiger charge is -2.16. The summed E-state index contributed by atoms with van der Waals surface area (Å²) >= 11 is 1.17. The number of carbonyl (C=O) groups is 2. The Kier molecular flexibility index (Phi) is 6.85. The normalized spacial score (nSPS) is 13.8. The van der Waals surface area contributed by atoms with Crippen LogP contribution in [0.1, 0.15) is 19.3 Å². The maximum atomic E-state index is 12.1. The maximum Gasteiger partial charge on any atom is 0.343 e. The Morgan fingerprint density at radius 3 is 2.92 bits per heavy atom. The zero-order chi connectivity index (χ0) is 17.5. The largest absolute Gasteiger partial charge is 0.385 e. The molecule has 1 aromatic heterocycles. The number of amides is 2. The van der Waals surface area contributed by atoms with Gasteiger partial charge in [0, 0.05) is 33.4 Å². The van der Waals surface area contributed by atoms with Crippen LogP contribution in [0, 0.1) is 0 Å². The molecule has 0 spiro atoms. The van der Waals surface area contributed by atoms with Crippen molar-refractivity contribution in [3.05, 3.63) is 10.5 Å². The van der Waals surface area contributed by atoms with Gasteiger partial charge in [-0.15, -0.1) is 5.10 Å². The van der Waals surface area contributed by atoms with Gasteiger partial charge in [-0.25, -0.2) is 9.89 Å². The number of ether oxygens (including phenoxy) is 1. The zero-order valence-corrected chi connectivity index (χ0v) is 14.7. The second-order valence-corrected chi connectivity index (χ2v) is 6.63. The molecule has 1 aromatic rings. The Bertz CT molecular complexity index is 625. The van der Waals surface area contributed by atoms with Crippen molar-refractivity contribution in [3.8, 4) is 0 Å². The molecule has 1 aliphatic carbocycles. The molecular weight excluding hydrogens is 334 g/mol. The van der Waals surface area contributed by atoms with Gasteiger partial charge in [0.25, 0.3) is 0 Å². The fourth-order valence-electron chi connectivity index (χ4n) is 2.02. The van der Waals surface area contributed by atoms with E-state index in [0.29, 0.717) is 24.7 Å². The third-order valence-corrected chi connectivity index (χ3v) is 4.49. The van der Waals surface area contributed by atoms with Crippen LogP contribution < -0.4 is 11.0 Å². The molecule has 0 atom stereocenters. The van der Waals surface area contributed by atoms with Crippen molar-refractivity contribution in [1.29, 1.82) is 0 Å². The van der Waals surface area contributed by atoms with Gasteiger partial charge in [0.1, 0.15) is 0 Å². The van der Waals surface area contributed by atoms with Crippen molar-refractivity contribution in [2.45, 2.75) is 37.0 Å². The number of methoxy groups -OCH3 is 1. The van der Waals surface area contributed by atoms with E-state index in [1.165, 1.54) is 21.2 Å². The quantitative estimate of drug-likeness (QED) is 0.429. The van der Waals surface area contributed by atoms with Crippen LogP contribution in [0.3, 0.4) is 0 Å². The Morgan fingerprint density at radius 1 is 1.50 bits per heavy atom. The highest BCUT2D eigenvalue weighted by Crippen LogP contribution is 2.18. The van der Waals surface area contributed by atoms with Crippen LogP contribution in [0.2, 0.25) is 0 Å². The van der Waals surface area contributed by atoms with E-state index >= 15 is 0 Å². The van der Waals surface area contributed by atoms with Gasteiger partial charge in [0.05, 0.1) is 12.3 Å². The number of rotatable bonds is 10. The van der Waals surface area contributed by atoms with E-state index in [1.807, 2.05) is 0 Å². The van der Waals surface area contributed by atoms with Gasteiger partial charge in [-0.1, -0.05) is 11.8 Å². The van der Waals surface area contributed by atoms with Crippen molar-refractivity contribution < 1.29 is 14.3 Å². The highest BCUT2D eigenvalue weighted by atomic mass is 32.2. The second-order valence-electron chi connectivity index (χ2n) is 5.69. The minimum absolute atomic E-state index is 0.0388. The molecule has 1 heterocycles. The molecule has 0 aliphatic heterocycles. The van der Waals surface area contributed by atoms with E-state index in [0.717, 1.165) is 12.8 Å². The number of thioether (sulfide) groups is 1. The van der Waals surface area contributed by atoms with Crippen LogP contribution in [0.25, 0.3) is 0 Å². The lowest BCUT2D eigenvalue weighted by atomic mass is 10.4. The van der Waals surface area contributed by atoms with Crippen molar-refractivity contribution >= 4 is 23.6 Å². The molecule has 10 heteroatoms. The van der Waals surface area contributed by atoms with Gasteiger partial charge in [-0.05, 0) is 19.3 Å². The summed E-state index contributed by atoms with van der Waals surface area (Å²) in [5, 5.41) is 9.62. The zero-order valence-electron chi connectivity index (χ0n) is 13.9. The minimum atomic E-state index is -0.307.